The summed E-state index contributed by atoms with van der Waals surface area (Å²) in [6.45, 7) is 3.07. The van der Waals surface area contributed by atoms with Crippen LogP contribution in [0.1, 0.15) is 29.3 Å². The number of sulfonamides is 1. The van der Waals surface area contributed by atoms with Gasteiger partial charge in [0.1, 0.15) is 0 Å². The molecule has 0 aliphatic carbocycles. The third-order valence-corrected chi connectivity index (χ3v) is 6.10. The zero-order chi connectivity index (χ0) is 23.1. The summed E-state index contributed by atoms with van der Waals surface area (Å²) in [7, 11) is -4.02. The fraction of sp³-hybridized carbons (Fsp3) is 0.174. The number of amides is 1. The van der Waals surface area contributed by atoms with E-state index < -0.39 is 14.9 Å². The highest BCUT2D eigenvalue weighted by Crippen LogP contribution is 2.21. The van der Waals surface area contributed by atoms with Gasteiger partial charge in [0, 0.05) is 36.5 Å². The molecule has 0 saturated heterocycles. The fourth-order valence-electron chi connectivity index (χ4n) is 3.17. The summed E-state index contributed by atoms with van der Waals surface area (Å²) in [5, 5.41) is 10.9. The van der Waals surface area contributed by atoms with E-state index in [4.69, 9.17) is 0 Å². The number of hydrogen-bond donors (Lipinski definition) is 1. The second-order valence-corrected chi connectivity index (χ2v) is 8.83. The van der Waals surface area contributed by atoms with Crippen molar-refractivity contribution in [3.8, 4) is 0 Å². The first-order valence-electron chi connectivity index (χ1n) is 10.0. The highest BCUT2D eigenvalue weighted by molar-refractivity contribution is 7.92. The predicted octanol–water partition coefficient (Wildman–Crippen LogP) is 4.45. The molecule has 0 fully saturated rings. The number of anilines is 1. The Balaban J connectivity index is 1.75. The largest absolute Gasteiger partial charge is 0.334 e. The van der Waals surface area contributed by atoms with Crippen LogP contribution in [0.5, 0.6) is 0 Å². The molecular formula is C23H23N3O5S. The number of hydrogen-bond acceptors (Lipinski definition) is 5. The summed E-state index contributed by atoms with van der Waals surface area (Å²) in [6.07, 6.45) is 0.805. The van der Waals surface area contributed by atoms with Crippen molar-refractivity contribution in [2.45, 2.75) is 24.8 Å². The van der Waals surface area contributed by atoms with Crippen LogP contribution in [0.4, 0.5) is 11.4 Å². The van der Waals surface area contributed by atoms with E-state index >= 15 is 0 Å². The average Bonchev–Trinajstić information content (AvgIpc) is 2.79. The maximum absolute atomic E-state index is 13.0. The summed E-state index contributed by atoms with van der Waals surface area (Å²) in [6, 6.07) is 20.6. The molecule has 8 nitrogen and oxygen atoms in total. The van der Waals surface area contributed by atoms with Crippen LogP contribution in [0.3, 0.4) is 0 Å². The van der Waals surface area contributed by atoms with Gasteiger partial charge in [-0.1, -0.05) is 43.3 Å². The maximum atomic E-state index is 13.0. The predicted molar refractivity (Wildman–Crippen MR) is 122 cm³/mol. The van der Waals surface area contributed by atoms with Gasteiger partial charge in [-0.25, -0.2) is 8.42 Å². The van der Waals surface area contributed by atoms with Crippen LogP contribution in [0.15, 0.2) is 83.8 Å². The van der Waals surface area contributed by atoms with E-state index in [9.17, 15) is 23.3 Å². The van der Waals surface area contributed by atoms with Crippen LogP contribution in [-0.2, 0) is 16.6 Å². The SMILES string of the molecule is CCCN(Cc1ccccc1)C(=O)c1ccc(NS(=O)(=O)c2cccc([N+](=O)[O-])c2)cc1. The summed E-state index contributed by atoms with van der Waals surface area (Å²) in [5.41, 5.74) is 1.39. The second-order valence-electron chi connectivity index (χ2n) is 7.15. The van der Waals surface area contributed by atoms with Crippen molar-refractivity contribution in [3.05, 3.63) is 100 Å². The fourth-order valence-corrected chi connectivity index (χ4v) is 4.27. The van der Waals surface area contributed by atoms with Gasteiger partial charge in [0.15, 0.2) is 0 Å². The Morgan fingerprint density at radius 1 is 1.00 bits per heavy atom. The highest BCUT2D eigenvalue weighted by atomic mass is 32.2. The minimum atomic E-state index is -4.02. The van der Waals surface area contributed by atoms with E-state index in [1.165, 1.54) is 30.3 Å². The lowest BCUT2D eigenvalue weighted by Crippen LogP contribution is -2.31. The molecular weight excluding hydrogens is 430 g/mol. The van der Waals surface area contributed by atoms with Gasteiger partial charge in [-0.3, -0.25) is 19.6 Å². The van der Waals surface area contributed by atoms with Gasteiger partial charge in [0.25, 0.3) is 21.6 Å². The number of nitro groups is 1. The number of carbonyl (C=O) groups excluding carboxylic acids is 1. The monoisotopic (exact) mass is 453 g/mol. The average molecular weight is 454 g/mol. The zero-order valence-corrected chi connectivity index (χ0v) is 18.3. The van der Waals surface area contributed by atoms with Gasteiger partial charge >= 0.3 is 0 Å². The Morgan fingerprint density at radius 2 is 1.69 bits per heavy atom. The molecule has 0 saturated carbocycles. The molecule has 1 N–H and O–H groups in total. The zero-order valence-electron chi connectivity index (χ0n) is 17.5. The topological polar surface area (TPSA) is 110 Å². The Bertz CT molecular complexity index is 1200. The van der Waals surface area contributed by atoms with E-state index in [1.54, 1.807) is 17.0 Å². The van der Waals surface area contributed by atoms with Gasteiger partial charge in [-0.2, -0.15) is 0 Å². The first kappa shape index (κ1) is 23.0. The summed E-state index contributed by atoms with van der Waals surface area (Å²) in [4.78, 5) is 24.8. The van der Waals surface area contributed by atoms with Gasteiger partial charge in [-0.05, 0) is 42.3 Å². The van der Waals surface area contributed by atoms with Gasteiger partial charge in [0.2, 0.25) is 0 Å². The van der Waals surface area contributed by atoms with Crippen molar-refractivity contribution in [2.75, 3.05) is 11.3 Å². The Morgan fingerprint density at radius 3 is 2.31 bits per heavy atom. The molecule has 9 heteroatoms. The van der Waals surface area contributed by atoms with Gasteiger partial charge < -0.3 is 4.90 Å². The quantitative estimate of drug-likeness (QED) is 0.380. The number of rotatable bonds is 9. The molecule has 3 aromatic rings. The van der Waals surface area contributed by atoms with Crippen LogP contribution in [-0.4, -0.2) is 30.7 Å². The molecule has 0 aliphatic heterocycles. The van der Waals surface area contributed by atoms with Crippen LogP contribution in [0, 0.1) is 10.1 Å². The highest BCUT2D eigenvalue weighted by Gasteiger charge is 2.19. The smallest absolute Gasteiger partial charge is 0.270 e. The van der Waals surface area contributed by atoms with Crippen molar-refractivity contribution >= 4 is 27.3 Å². The van der Waals surface area contributed by atoms with Crippen molar-refractivity contribution in [2.24, 2.45) is 0 Å². The maximum Gasteiger partial charge on any atom is 0.270 e. The van der Waals surface area contributed by atoms with E-state index in [-0.39, 0.29) is 22.2 Å². The molecule has 166 valence electrons. The molecule has 3 aromatic carbocycles. The van der Waals surface area contributed by atoms with Gasteiger partial charge in [0.05, 0.1) is 9.82 Å². The summed E-state index contributed by atoms with van der Waals surface area (Å²) < 4.78 is 27.6. The molecule has 0 aromatic heterocycles. The molecule has 0 unspecified atom stereocenters. The molecule has 0 heterocycles. The molecule has 0 bridgehead atoms. The first-order valence-corrected chi connectivity index (χ1v) is 11.5. The van der Waals surface area contributed by atoms with Gasteiger partial charge in [-0.15, -0.1) is 0 Å². The normalized spacial score (nSPS) is 11.0. The number of non-ortho nitro benzene ring substituents is 1. The first-order chi connectivity index (χ1) is 15.3. The third-order valence-electron chi connectivity index (χ3n) is 4.72. The van der Waals surface area contributed by atoms with E-state index in [0.717, 1.165) is 18.1 Å². The van der Waals surface area contributed by atoms with Crippen LogP contribution in [0.2, 0.25) is 0 Å². The lowest BCUT2D eigenvalue weighted by Gasteiger charge is -2.22. The standard InChI is InChI=1S/C23H23N3O5S/c1-2-15-25(17-18-7-4-3-5-8-18)23(27)19-11-13-20(14-12-19)24-32(30,31)22-10-6-9-21(16-22)26(28)29/h3-14,16,24H,2,15,17H2,1H3. The molecule has 0 atom stereocenters. The van der Waals surface area contributed by atoms with Crippen LogP contribution < -0.4 is 4.72 Å². The van der Waals surface area contributed by atoms with Crippen molar-refractivity contribution in [1.29, 1.82) is 0 Å². The van der Waals surface area contributed by atoms with Crippen molar-refractivity contribution in [1.82, 2.24) is 4.90 Å². The minimum absolute atomic E-state index is 0.149. The minimum Gasteiger partial charge on any atom is -0.334 e. The molecule has 0 radical (unpaired) electrons. The van der Waals surface area contributed by atoms with Crippen LogP contribution in [0.25, 0.3) is 0 Å². The van der Waals surface area contributed by atoms with Crippen molar-refractivity contribution < 1.29 is 18.1 Å². The number of nitro benzene ring substituents is 1. The molecule has 3 rings (SSSR count). The third kappa shape index (κ3) is 5.70. The molecule has 0 aliphatic rings. The number of carbonyl (C=O) groups is 1. The molecule has 1 amide bonds. The van der Waals surface area contributed by atoms with E-state index in [2.05, 4.69) is 4.72 Å². The van der Waals surface area contributed by atoms with E-state index in [1.807, 2.05) is 37.3 Å². The molecule has 0 spiro atoms. The summed E-state index contributed by atoms with van der Waals surface area (Å²) >= 11 is 0. The Kier molecular flexibility index (Phi) is 7.21. The second kappa shape index (κ2) is 10.1. The molecule has 32 heavy (non-hydrogen) atoms. The van der Waals surface area contributed by atoms with Crippen LogP contribution >= 0.6 is 0 Å². The lowest BCUT2D eigenvalue weighted by molar-refractivity contribution is -0.385. The number of nitrogens with zero attached hydrogens (tertiary/aromatic N) is 2. The Hall–Kier alpha value is -3.72. The lowest BCUT2D eigenvalue weighted by atomic mass is 10.1. The number of nitrogens with one attached hydrogen (secondary N) is 1. The number of benzene rings is 3. The van der Waals surface area contributed by atoms with Crippen molar-refractivity contribution in [3.63, 3.8) is 0 Å². The summed E-state index contributed by atoms with van der Waals surface area (Å²) in [5.74, 6) is -0.149. The Labute approximate surface area is 186 Å². The van der Waals surface area contributed by atoms with E-state index in [0.29, 0.717) is 18.7 Å².